The summed E-state index contributed by atoms with van der Waals surface area (Å²) in [4.78, 5) is 11.6. The van der Waals surface area contributed by atoms with Gasteiger partial charge in [0.2, 0.25) is 0 Å². The van der Waals surface area contributed by atoms with Crippen molar-refractivity contribution in [3.05, 3.63) is 12.2 Å². The van der Waals surface area contributed by atoms with Gasteiger partial charge in [0.25, 0.3) is 0 Å². The minimum absolute atomic E-state index is 0.105. The van der Waals surface area contributed by atoms with Crippen LogP contribution in [0.5, 0.6) is 0 Å². The zero-order valence-corrected chi connectivity index (χ0v) is 9.27. The Hall–Kier alpha value is -0.630. The van der Waals surface area contributed by atoms with Gasteiger partial charge in [-0.1, -0.05) is 5.57 Å². The summed E-state index contributed by atoms with van der Waals surface area (Å²) in [7, 11) is 1.71. The predicted molar refractivity (Wildman–Crippen MR) is 57.3 cm³/mol. The minimum Gasteiger partial charge on any atom is -0.378 e. The van der Waals surface area contributed by atoms with Crippen molar-refractivity contribution >= 4 is 5.78 Å². The lowest BCUT2D eigenvalue weighted by Crippen LogP contribution is -2.41. The molecule has 1 saturated carbocycles. The van der Waals surface area contributed by atoms with E-state index in [-0.39, 0.29) is 5.60 Å². The van der Waals surface area contributed by atoms with Gasteiger partial charge in [0.15, 0.2) is 0 Å². The van der Waals surface area contributed by atoms with E-state index in [0.717, 1.165) is 24.8 Å². The first kappa shape index (κ1) is 11.4. The molecule has 0 heterocycles. The molecule has 0 aromatic heterocycles. The molecule has 0 radical (unpaired) electrons. The second-order valence-electron chi connectivity index (χ2n) is 4.41. The second-order valence-corrected chi connectivity index (χ2v) is 4.41. The quantitative estimate of drug-likeness (QED) is 0.611. The van der Waals surface area contributed by atoms with E-state index in [1.165, 1.54) is 6.42 Å². The highest BCUT2D eigenvalue weighted by atomic mass is 16.5. The normalized spacial score (nSPS) is 18.7. The Labute approximate surface area is 86.3 Å². The Morgan fingerprint density at radius 3 is 2.43 bits per heavy atom. The molecule has 0 spiro atoms. The van der Waals surface area contributed by atoms with E-state index >= 15 is 0 Å². The molecular weight excluding hydrogens is 176 g/mol. The van der Waals surface area contributed by atoms with E-state index in [0.29, 0.717) is 18.6 Å². The van der Waals surface area contributed by atoms with Gasteiger partial charge in [-0.3, -0.25) is 4.79 Å². The Bertz CT molecular complexity index is 221. The number of hydrogen-bond acceptors (Lipinski definition) is 2. The van der Waals surface area contributed by atoms with Gasteiger partial charge in [0.05, 0.1) is 5.60 Å². The van der Waals surface area contributed by atoms with Gasteiger partial charge in [-0.15, -0.1) is 6.58 Å². The van der Waals surface area contributed by atoms with Crippen LogP contribution in [-0.2, 0) is 9.53 Å². The first-order valence-electron chi connectivity index (χ1n) is 5.29. The predicted octanol–water partition coefficient (Wildman–Crippen LogP) is 2.87. The van der Waals surface area contributed by atoms with Crippen LogP contribution >= 0.6 is 0 Å². The molecule has 14 heavy (non-hydrogen) atoms. The summed E-state index contributed by atoms with van der Waals surface area (Å²) in [5, 5.41) is 0. The van der Waals surface area contributed by atoms with Crippen LogP contribution in [-0.4, -0.2) is 18.5 Å². The number of carbonyl (C=O) groups is 1. The Morgan fingerprint density at radius 1 is 1.43 bits per heavy atom. The fourth-order valence-corrected chi connectivity index (χ4v) is 1.82. The number of ketones is 1. The highest BCUT2D eigenvalue weighted by molar-refractivity contribution is 5.79. The molecule has 0 aromatic carbocycles. The van der Waals surface area contributed by atoms with E-state index in [2.05, 4.69) is 6.58 Å². The van der Waals surface area contributed by atoms with Gasteiger partial charge in [-0.25, -0.2) is 0 Å². The third-order valence-corrected chi connectivity index (χ3v) is 3.05. The van der Waals surface area contributed by atoms with E-state index in [1.54, 1.807) is 7.11 Å². The van der Waals surface area contributed by atoms with Gasteiger partial charge >= 0.3 is 0 Å². The summed E-state index contributed by atoms with van der Waals surface area (Å²) >= 11 is 0. The van der Waals surface area contributed by atoms with Crippen LogP contribution in [0.25, 0.3) is 0 Å². The number of methoxy groups -OCH3 is 1. The molecule has 80 valence electrons. The summed E-state index contributed by atoms with van der Waals surface area (Å²) in [6, 6.07) is 0. The van der Waals surface area contributed by atoms with Crippen molar-refractivity contribution in [1.29, 1.82) is 0 Å². The monoisotopic (exact) mass is 196 g/mol. The van der Waals surface area contributed by atoms with Crippen molar-refractivity contribution in [3.8, 4) is 0 Å². The molecule has 0 amide bonds. The van der Waals surface area contributed by atoms with Crippen LogP contribution < -0.4 is 0 Å². The molecule has 0 saturated heterocycles. The molecule has 1 rings (SSSR count). The summed E-state index contributed by atoms with van der Waals surface area (Å²) in [5.74, 6) is 0.314. The average Bonchev–Trinajstić information content (AvgIpc) is 2.08. The SMILES string of the molecule is C=C(C)CCC(=O)CC1(OC)CCC1. The van der Waals surface area contributed by atoms with Gasteiger partial charge in [0.1, 0.15) is 5.78 Å². The number of ether oxygens (including phenoxy) is 1. The van der Waals surface area contributed by atoms with E-state index in [1.807, 2.05) is 6.92 Å². The van der Waals surface area contributed by atoms with Crippen molar-refractivity contribution in [2.24, 2.45) is 0 Å². The topological polar surface area (TPSA) is 26.3 Å². The summed E-state index contributed by atoms with van der Waals surface area (Å²) in [6.07, 6.45) is 5.32. The molecular formula is C12H20O2. The van der Waals surface area contributed by atoms with Gasteiger partial charge in [-0.05, 0) is 32.6 Å². The Morgan fingerprint density at radius 2 is 2.07 bits per heavy atom. The van der Waals surface area contributed by atoms with Crippen LogP contribution in [0, 0.1) is 0 Å². The van der Waals surface area contributed by atoms with E-state index in [4.69, 9.17) is 4.74 Å². The largest absolute Gasteiger partial charge is 0.378 e. The second kappa shape index (κ2) is 4.74. The van der Waals surface area contributed by atoms with Crippen molar-refractivity contribution in [2.75, 3.05) is 7.11 Å². The molecule has 2 nitrogen and oxygen atoms in total. The smallest absolute Gasteiger partial charge is 0.136 e. The third-order valence-electron chi connectivity index (χ3n) is 3.05. The highest BCUT2D eigenvalue weighted by Gasteiger charge is 2.38. The summed E-state index contributed by atoms with van der Waals surface area (Å²) < 4.78 is 5.41. The van der Waals surface area contributed by atoms with Crippen LogP contribution in [0.1, 0.15) is 45.4 Å². The molecule has 0 unspecified atom stereocenters. The third kappa shape index (κ3) is 2.95. The van der Waals surface area contributed by atoms with E-state index in [9.17, 15) is 4.79 Å². The van der Waals surface area contributed by atoms with E-state index < -0.39 is 0 Å². The molecule has 0 N–H and O–H groups in total. The lowest BCUT2D eigenvalue weighted by atomic mass is 9.76. The Balaban J connectivity index is 2.28. The van der Waals surface area contributed by atoms with Crippen molar-refractivity contribution in [1.82, 2.24) is 0 Å². The van der Waals surface area contributed by atoms with Gasteiger partial charge < -0.3 is 4.74 Å². The number of hydrogen-bond donors (Lipinski definition) is 0. The number of Topliss-reactive ketones (excluding diaryl/α,β-unsaturated/α-hetero) is 1. The lowest BCUT2D eigenvalue weighted by Gasteiger charge is -2.40. The fraction of sp³-hybridized carbons (Fsp3) is 0.750. The number of carbonyl (C=O) groups excluding carboxylic acids is 1. The highest BCUT2D eigenvalue weighted by Crippen LogP contribution is 2.38. The van der Waals surface area contributed by atoms with Crippen LogP contribution in [0.4, 0.5) is 0 Å². The van der Waals surface area contributed by atoms with Crippen molar-refractivity contribution < 1.29 is 9.53 Å². The van der Waals surface area contributed by atoms with Crippen LogP contribution in [0.2, 0.25) is 0 Å². The fourth-order valence-electron chi connectivity index (χ4n) is 1.82. The van der Waals surface area contributed by atoms with Crippen molar-refractivity contribution in [3.63, 3.8) is 0 Å². The lowest BCUT2D eigenvalue weighted by molar-refractivity contribution is -0.132. The number of rotatable bonds is 6. The number of allylic oxidation sites excluding steroid dienone is 1. The van der Waals surface area contributed by atoms with Crippen molar-refractivity contribution in [2.45, 2.75) is 51.0 Å². The van der Waals surface area contributed by atoms with Crippen LogP contribution in [0.3, 0.4) is 0 Å². The standard InChI is InChI=1S/C12H20O2/c1-10(2)5-6-11(13)9-12(14-3)7-4-8-12/h1,4-9H2,2-3H3. The van der Waals surface area contributed by atoms with Crippen LogP contribution in [0.15, 0.2) is 12.2 Å². The maximum atomic E-state index is 11.6. The summed E-state index contributed by atoms with van der Waals surface area (Å²) in [6.45, 7) is 5.76. The summed E-state index contributed by atoms with van der Waals surface area (Å²) in [5.41, 5.74) is 0.977. The average molecular weight is 196 g/mol. The zero-order chi connectivity index (χ0) is 10.6. The molecule has 0 aliphatic heterocycles. The molecule has 0 aromatic rings. The minimum atomic E-state index is -0.105. The first-order chi connectivity index (χ1) is 6.58. The molecule has 1 aliphatic rings. The van der Waals surface area contributed by atoms with Gasteiger partial charge in [0, 0.05) is 20.0 Å². The maximum absolute atomic E-state index is 11.6. The molecule has 0 atom stereocenters. The molecule has 0 bridgehead atoms. The molecule has 1 fully saturated rings. The molecule has 2 heteroatoms. The molecule has 1 aliphatic carbocycles. The first-order valence-corrected chi connectivity index (χ1v) is 5.29. The van der Waals surface area contributed by atoms with Gasteiger partial charge in [-0.2, -0.15) is 0 Å². The maximum Gasteiger partial charge on any atom is 0.136 e. The Kier molecular flexibility index (Phi) is 3.87. The zero-order valence-electron chi connectivity index (χ0n) is 9.27.